The van der Waals surface area contributed by atoms with Crippen molar-refractivity contribution in [1.29, 1.82) is 0 Å². The summed E-state index contributed by atoms with van der Waals surface area (Å²) in [6, 6.07) is 19.9. The average Bonchev–Trinajstić information content (AvgIpc) is 3.45. The third-order valence-corrected chi connectivity index (χ3v) is 9.79. The zero-order valence-corrected chi connectivity index (χ0v) is 27.4. The number of hydrogen-bond acceptors (Lipinski definition) is 12. The number of ether oxygens (including phenoxy) is 4. The van der Waals surface area contributed by atoms with E-state index in [0.29, 0.717) is 30.7 Å². The van der Waals surface area contributed by atoms with Gasteiger partial charge in [0.25, 0.3) is 0 Å². The van der Waals surface area contributed by atoms with Gasteiger partial charge in [-0.25, -0.2) is 9.59 Å². The second-order valence-corrected chi connectivity index (χ2v) is 12.8. The second-order valence-electron chi connectivity index (χ2n) is 12.8. The lowest BCUT2D eigenvalue weighted by Crippen LogP contribution is -2.74. The minimum atomic E-state index is -1.71. The predicted molar refractivity (Wildman–Crippen MR) is 174 cm³/mol. The Morgan fingerprint density at radius 3 is 2.34 bits per heavy atom. The summed E-state index contributed by atoms with van der Waals surface area (Å²) in [6.07, 6.45) is -1.32. The van der Waals surface area contributed by atoms with Gasteiger partial charge in [-0.2, -0.15) is 0 Å². The minimum Gasteiger partial charge on any atom is -0.504 e. The van der Waals surface area contributed by atoms with Gasteiger partial charge in [-0.05, 0) is 56.3 Å². The van der Waals surface area contributed by atoms with Gasteiger partial charge in [0, 0.05) is 30.5 Å². The molecule has 0 saturated carbocycles. The third kappa shape index (κ3) is 6.08. The molecule has 3 aromatic carbocycles. The number of aliphatic hydroxyl groups is 2. The molecule has 13 heteroatoms. The number of piperidine rings is 1. The monoisotopic (exact) mass is 687 g/mol. The lowest BCUT2D eigenvalue weighted by atomic mass is 9.50. The van der Waals surface area contributed by atoms with E-state index in [4.69, 9.17) is 19.3 Å². The number of rotatable bonds is 8. The van der Waals surface area contributed by atoms with E-state index in [1.54, 1.807) is 72.8 Å². The van der Waals surface area contributed by atoms with Crippen LogP contribution in [0.25, 0.3) is 0 Å². The van der Waals surface area contributed by atoms with E-state index in [2.05, 4.69) is 9.64 Å². The van der Waals surface area contributed by atoms with Crippen molar-refractivity contribution in [3.05, 3.63) is 101 Å². The van der Waals surface area contributed by atoms with Crippen molar-refractivity contribution in [3.63, 3.8) is 0 Å². The van der Waals surface area contributed by atoms with Crippen LogP contribution in [0.15, 0.2) is 84.6 Å². The van der Waals surface area contributed by atoms with Gasteiger partial charge < -0.3 is 44.3 Å². The minimum absolute atomic E-state index is 0.0259. The lowest BCUT2D eigenvalue weighted by molar-refractivity contribution is -0.170. The summed E-state index contributed by atoms with van der Waals surface area (Å²) in [4.78, 5) is 48.5. The summed E-state index contributed by atoms with van der Waals surface area (Å²) in [5.41, 5.74) is 0.174. The highest BCUT2D eigenvalue weighted by molar-refractivity contribution is 5.83. The highest BCUT2D eigenvalue weighted by Crippen LogP contribution is 2.65. The molecule has 1 saturated heterocycles. The molecule has 3 aromatic rings. The van der Waals surface area contributed by atoms with Gasteiger partial charge in [-0.1, -0.05) is 54.6 Å². The molecule has 6 atom stereocenters. The van der Waals surface area contributed by atoms with Crippen LogP contribution in [0.1, 0.15) is 49.0 Å². The van der Waals surface area contributed by atoms with Gasteiger partial charge in [0.1, 0.15) is 11.5 Å². The van der Waals surface area contributed by atoms with Crippen molar-refractivity contribution < 1.29 is 58.6 Å². The highest BCUT2D eigenvalue weighted by atomic mass is 16.6. The number of para-hydroxylation sites is 1. The summed E-state index contributed by atoms with van der Waals surface area (Å²) in [7, 11) is 1.99. The molecule has 0 aromatic heterocycles. The number of carboxylic acids is 1. The zero-order chi connectivity index (χ0) is 35.8. The number of carbonyl (C=O) groups excluding carboxylic acids is 3. The molecule has 2 heterocycles. The topological polar surface area (TPSA) is 189 Å². The van der Waals surface area contributed by atoms with Crippen LogP contribution in [0.5, 0.6) is 17.2 Å². The molecular weight excluding hydrogens is 650 g/mol. The molecule has 262 valence electrons. The molecule has 0 amide bonds. The van der Waals surface area contributed by atoms with Gasteiger partial charge in [0.05, 0.1) is 17.4 Å². The van der Waals surface area contributed by atoms with E-state index in [9.17, 15) is 34.5 Å². The van der Waals surface area contributed by atoms with Gasteiger partial charge >= 0.3 is 23.9 Å². The molecule has 4 N–H and O–H groups in total. The van der Waals surface area contributed by atoms with Crippen molar-refractivity contribution in [2.75, 3.05) is 13.6 Å². The van der Waals surface area contributed by atoms with E-state index in [1.165, 1.54) is 6.92 Å². The number of carbonyl (C=O) groups is 4. The molecule has 2 aliphatic carbocycles. The first-order valence-corrected chi connectivity index (χ1v) is 16.1. The molecule has 4 aliphatic rings. The number of esters is 3. The Morgan fingerprint density at radius 2 is 1.68 bits per heavy atom. The van der Waals surface area contributed by atoms with Crippen molar-refractivity contribution in [2.24, 2.45) is 0 Å². The molecule has 50 heavy (non-hydrogen) atoms. The van der Waals surface area contributed by atoms with Gasteiger partial charge in [-0.15, -0.1) is 0 Å². The largest absolute Gasteiger partial charge is 0.504 e. The second kappa shape index (κ2) is 13.6. The zero-order valence-electron chi connectivity index (χ0n) is 27.4. The Hall–Kier alpha value is -5.24. The molecule has 0 radical (unpaired) electrons. The normalized spacial score (nSPS) is 25.2. The number of nitrogens with zero attached hydrogens (tertiary/aromatic N) is 1. The van der Waals surface area contributed by atoms with E-state index in [-0.39, 0.29) is 29.7 Å². The molecule has 1 unspecified atom stereocenters. The van der Waals surface area contributed by atoms with Crippen LogP contribution in [0, 0.1) is 0 Å². The van der Waals surface area contributed by atoms with Crippen molar-refractivity contribution >= 4 is 23.9 Å². The molecule has 7 rings (SSSR count). The third-order valence-electron chi connectivity index (χ3n) is 9.79. The van der Waals surface area contributed by atoms with Crippen LogP contribution < -0.4 is 9.47 Å². The van der Waals surface area contributed by atoms with Crippen molar-refractivity contribution in [2.45, 2.75) is 68.0 Å². The fourth-order valence-corrected chi connectivity index (χ4v) is 7.58. The number of phenols is 1. The smallest absolute Gasteiger partial charge is 0.349 e. The molecule has 1 spiro atoms. The molecule has 1 fully saturated rings. The standard InChI is InChI=1S/C27H27NO8.C10H10O4/c1-28-12-11-26-22-15-7-8-17(29)23(22)36-24(26)19(9-10-27(26,33)20(28)13-15)35-21(31)14-18(30)25(32)34-16-5-3-2-4-6-16;1-7(11)14-9(10(12)13)8-5-3-2-4-6-8/h2-9,18,20,24,29-30,33H,10-14H2,1H3;2-6,9H,1H3,(H,12,13)/t18?,20-,24+,26+,27-;9-/m10/s1. The average molecular weight is 688 g/mol. The number of likely N-dealkylation sites (N-methyl/N-ethyl adjacent to an activating group) is 1. The van der Waals surface area contributed by atoms with Crippen molar-refractivity contribution in [3.8, 4) is 17.2 Å². The van der Waals surface area contributed by atoms with Crippen LogP contribution >= 0.6 is 0 Å². The maximum absolute atomic E-state index is 12.8. The van der Waals surface area contributed by atoms with E-state index < -0.39 is 59.6 Å². The number of likely N-dealkylation sites (tertiary alicyclic amines) is 1. The SMILES string of the molecule is CC(=O)O[C@H](C(=O)O)c1ccccc1.CN1CC[C@]23c4c5ccc(O)c4O[C@H]2C(OC(=O)CC(O)C(=O)Oc2ccccc2)=CC[C@@]3(O)[C@H]1C5. The number of carboxylic acid groups (broad SMARTS) is 1. The van der Waals surface area contributed by atoms with Crippen LogP contribution in [0.3, 0.4) is 0 Å². The Balaban J connectivity index is 0.000000261. The Bertz CT molecular complexity index is 1830. The number of aliphatic hydroxyl groups excluding tert-OH is 1. The Kier molecular flexibility index (Phi) is 9.40. The van der Waals surface area contributed by atoms with Crippen molar-refractivity contribution in [1.82, 2.24) is 4.90 Å². The lowest BCUT2D eigenvalue weighted by Gasteiger charge is -2.61. The fourth-order valence-electron chi connectivity index (χ4n) is 7.58. The van der Waals surface area contributed by atoms with Crippen LogP contribution in [-0.4, -0.2) is 86.6 Å². The number of phenolic OH excluding ortho intramolecular Hbond substituents is 1. The van der Waals surface area contributed by atoms with E-state index in [1.807, 2.05) is 13.1 Å². The molecule has 13 nitrogen and oxygen atoms in total. The molecular formula is C37H37NO12. The molecule has 2 bridgehead atoms. The Morgan fingerprint density at radius 1 is 1.00 bits per heavy atom. The first-order chi connectivity index (χ1) is 23.9. The van der Waals surface area contributed by atoms with Gasteiger partial charge in [0.15, 0.2) is 23.7 Å². The quantitative estimate of drug-likeness (QED) is 0.200. The summed E-state index contributed by atoms with van der Waals surface area (Å²) in [5.74, 6) is -2.83. The van der Waals surface area contributed by atoms with Crippen LogP contribution in [0.2, 0.25) is 0 Å². The summed E-state index contributed by atoms with van der Waals surface area (Å²) in [6.45, 7) is 1.88. The maximum atomic E-state index is 12.8. The number of aromatic hydroxyl groups is 1. The van der Waals surface area contributed by atoms with E-state index >= 15 is 0 Å². The number of aliphatic carboxylic acids is 1. The summed E-state index contributed by atoms with van der Waals surface area (Å²) >= 11 is 0. The highest BCUT2D eigenvalue weighted by Gasteiger charge is 2.72. The first-order valence-electron chi connectivity index (χ1n) is 16.1. The Labute approximate surface area is 287 Å². The summed E-state index contributed by atoms with van der Waals surface area (Å²) in [5, 5.41) is 41.7. The number of benzene rings is 3. The predicted octanol–water partition coefficient (Wildman–Crippen LogP) is 2.95. The van der Waals surface area contributed by atoms with Gasteiger partial charge in [-0.3, -0.25) is 9.59 Å². The first kappa shape index (κ1) is 34.6. The van der Waals surface area contributed by atoms with Crippen LogP contribution in [-0.2, 0) is 40.5 Å². The van der Waals surface area contributed by atoms with Gasteiger partial charge in [0.2, 0.25) is 6.10 Å². The summed E-state index contributed by atoms with van der Waals surface area (Å²) < 4.78 is 21.6. The molecule has 2 aliphatic heterocycles. The van der Waals surface area contributed by atoms with Crippen LogP contribution in [0.4, 0.5) is 0 Å². The van der Waals surface area contributed by atoms with E-state index in [0.717, 1.165) is 11.1 Å². The maximum Gasteiger partial charge on any atom is 0.349 e. The number of hydrogen-bond donors (Lipinski definition) is 4. The fraction of sp³-hybridized carbons (Fsp3) is 0.351.